The summed E-state index contributed by atoms with van der Waals surface area (Å²) < 4.78 is 0. The van der Waals surface area contributed by atoms with Crippen LogP contribution in [0.15, 0.2) is 0 Å². The predicted molar refractivity (Wildman–Crippen MR) is 68.8 cm³/mol. The van der Waals surface area contributed by atoms with Gasteiger partial charge in [-0.1, -0.05) is 34.1 Å². The van der Waals surface area contributed by atoms with Crippen LogP contribution in [-0.4, -0.2) is 12.5 Å². The second-order valence-corrected chi connectivity index (χ2v) is 5.24. The van der Waals surface area contributed by atoms with E-state index in [1.165, 1.54) is 12.8 Å². The highest BCUT2D eigenvalue weighted by molar-refractivity contribution is 5.77. The summed E-state index contributed by atoms with van der Waals surface area (Å²) in [5.41, 5.74) is 10.3. The second-order valence-electron chi connectivity index (χ2n) is 5.24. The van der Waals surface area contributed by atoms with Gasteiger partial charge in [-0.05, 0) is 37.1 Å². The fraction of sp³-hybridized carbons (Fsp3) is 0.923. The first-order chi connectivity index (χ1) is 7.43. The molecule has 1 aliphatic rings. The standard InChI is InChI=1S/C11H21NO.C2H7N/c1-7(2)9-5-4-8(3)6-10(9)11(12)13;1-2-3/h7-10H,4-6H2,1-3H3,(H2,12,13);2-3H2,1H3. The van der Waals surface area contributed by atoms with E-state index >= 15 is 0 Å². The van der Waals surface area contributed by atoms with Gasteiger partial charge in [0.2, 0.25) is 5.91 Å². The fourth-order valence-corrected chi connectivity index (χ4v) is 2.53. The molecule has 1 aliphatic carbocycles. The highest BCUT2D eigenvalue weighted by Crippen LogP contribution is 2.37. The molecular weight excluding hydrogens is 200 g/mol. The summed E-state index contributed by atoms with van der Waals surface area (Å²) in [7, 11) is 0. The van der Waals surface area contributed by atoms with Crippen molar-refractivity contribution < 1.29 is 4.79 Å². The Morgan fingerprint density at radius 2 is 1.88 bits per heavy atom. The molecule has 1 saturated carbocycles. The summed E-state index contributed by atoms with van der Waals surface area (Å²) in [4.78, 5) is 11.2. The van der Waals surface area contributed by atoms with E-state index in [0.29, 0.717) is 17.8 Å². The fourth-order valence-electron chi connectivity index (χ4n) is 2.53. The third kappa shape index (κ3) is 4.97. The van der Waals surface area contributed by atoms with Crippen LogP contribution in [0.5, 0.6) is 0 Å². The van der Waals surface area contributed by atoms with Crippen LogP contribution in [-0.2, 0) is 4.79 Å². The molecule has 16 heavy (non-hydrogen) atoms. The molecule has 3 heteroatoms. The van der Waals surface area contributed by atoms with E-state index in [4.69, 9.17) is 11.5 Å². The molecule has 0 heterocycles. The Morgan fingerprint density at radius 3 is 2.25 bits per heavy atom. The first kappa shape index (κ1) is 15.4. The van der Waals surface area contributed by atoms with Crippen molar-refractivity contribution in [3.63, 3.8) is 0 Å². The SMILES string of the molecule is CC1CCC(C(C)C)C(C(N)=O)C1.CCN. The van der Waals surface area contributed by atoms with Gasteiger partial charge < -0.3 is 11.5 Å². The van der Waals surface area contributed by atoms with Gasteiger partial charge in [0, 0.05) is 5.92 Å². The summed E-state index contributed by atoms with van der Waals surface area (Å²) in [5.74, 6) is 1.82. The van der Waals surface area contributed by atoms with Crippen LogP contribution >= 0.6 is 0 Å². The maximum atomic E-state index is 11.2. The molecular formula is C13H28N2O. The molecule has 1 amide bonds. The minimum absolute atomic E-state index is 0.0924. The van der Waals surface area contributed by atoms with Gasteiger partial charge >= 0.3 is 0 Å². The Labute approximate surface area is 100.0 Å². The Balaban J connectivity index is 0.000000673. The molecule has 0 saturated heterocycles. The number of carbonyl (C=O) groups excluding carboxylic acids is 1. The Kier molecular flexibility index (Phi) is 7.39. The maximum Gasteiger partial charge on any atom is 0.220 e. The Bertz CT molecular complexity index is 204. The largest absolute Gasteiger partial charge is 0.369 e. The van der Waals surface area contributed by atoms with E-state index in [1.54, 1.807) is 0 Å². The molecule has 0 aliphatic heterocycles. The molecule has 1 rings (SSSR count). The minimum atomic E-state index is -0.0924. The molecule has 0 radical (unpaired) electrons. The zero-order chi connectivity index (χ0) is 12.7. The van der Waals surface area contributed by atoms with Crippen LogP contribution in [0.3, 0.4) is 0 Å². The van der Waals surface area contributed by atoms with Crippen molar-refractivity contribution in [3.05, 3.63) is 0 Å². The molecule has 0 aromatic rings. The van der Waals surface area contributed by atoms with Crippen molar-refractivity contribution in [2.45, 2.75) is 47.0 Å². The molecule has 0 aromatic carbocycles. The predicted octanol–water partition coefficient (Wildman–Crippen LogP) is 2.15. The van der Waals surface area contributed by atoms with Crippen molar-refractivity contribution in [2.75, 3.05) is 6.54 Å². The lowest BCUT2D eigenvalue weighted by atomic mass is 9.70. The van der Waals surface area contributed by atoms with E-state index < -0.39 is 0 Å². The van der Waals surface area contributed by atoms with Crippen LogP contribution in [0.4, 0.5) is 0 Å². The third-order valence-electron chi connectivity index (χ3n) is 3.39. The zero-order valence-corrected chi connectivity index (χ0v) is 11.2. The van der Waals surface area contributed by atoms with Crippen LogP contribution in [0, 0.1) is 23.7 Å². The highest BCUT2D eigenvalue weighted by atomic mass is 16.1. The molecule has 0 aromatic heterocycles. The summed E-state index contributed by atoms with van der Waals surface area (Å²) >= 11 is 0. The molecule has 3 atom stereocenters. The molecule has 0 spiro atoms. The lowest BCUT2D eigenvalue weighted by Gasteiger charge is -2.35. The van der Waals surface area contributed by atoms with E-state index in [-0.39, 0.29) is 11.8 Å². The summed E-state index contributed by atoms with van der Waals surface area (Å²) in [6.45, 7) is 9.25. The number of carbonyl (C=O) groups is 1. The van der Waals surface area contributed by atoms with Gasteiger partial charge in [0.05, 0.1) is 0 Å². The third-order valence-corrected chi connectivity index (χ3v) is 3.39. The van der Waals surface area contributed by atoms with Gasteiger partial charge in [-0.3, -0.25) is 4.79 Å². The average molecular weight is 228 g/mol. The summed E-state index contributed by atoms with van der Waals surface area (Å²) in [6, 6.07) is 0. The second kappa shape index (κ2) is 7.66. The van der Waals surface area contributed by atoms with Crippen molar-refractivity contribution >= 4 is 5.91 Å². The summed E-state index contributed by atoms with van der Waals surface area (Å²) in [5, 5.41) is 0. The van der Waals surface area contributed by atoms with Crippen LogP contribution in [0.1, 0.15) is 47.0 Å². The molecule has 0 bridgehead atoms. The number of nitrogens with two attached hydrogens (primary N) is 2. The molecule has 96 valence electrons. The number of primary amides is 1. The van der Waals surface area contributed by atoms with Gasteiger partial charge in [-0.15, -0.1) is 0 Å². The first-order valence-electron chi connectivity index (χ1n) is 6.43. The molecule has 4 N–H and O–H groups in total. The number of hydrogen-bond donors (Lipinski definition) is 2. The number of amides is 1. The van der Waals surface area contributed by atoms with Crippen molar-refractivity contribution in [1.82, 2.24) is 0 Å². The normalized spacial score (nSPS) is 29.5. The van der Waals surface area contributed by atoms with E-state index in [1.807, 2.05) is 6.92 Å². The van der Waals surface area contributed by atoms with E-state index in [2.05, 4.69) is 20.8 Å². The monoisotopic (exact) mass is 228 g/mol. The first-order valence-corrected chi connectivity index (χ1v) is 6.43. The average Bonchev–Trinajstić information content (AvgIpc) is 2.18. The maximum absolute atomic E-state index is 11.2. The molecule has 3 unspecified atom stereocenters. The van der Waals surface area contributed by atoms with Crippen molar-refractivity contribution in [2.24, 2.45) is 35.1 Å². The van der Waals surface area contributed by atoms with Crippen LogP contribution in [0.25, 0.3) is 0 Å². The topological polar surface area (TPSA) is 69.1 Å². The smallest absolute Gasteiger partial charge is 0.220 e. The molecule has 3 nitrogen and oxygen atoms in total. The quantitative estimate of drug-likeness (QED) is 0.760. The minimum Gasteiger partial charge on any atom is -0.369 e. The van der Waals surface area contributed by atoms with Gasteiger partial charge in [-0.25, -0.2) is 0 Å². The van der Waals surface area contributed by atoms with Crippen molar-refractivity contribution in [1.29, 1.82) is 0 Å². The van der Waals surface area contributed by atoms with E-state index in [0.717, 1.165) is 13.0 Å². The van der Waals surface area contributed by atoms with Gasteiger partial charge in [0.15, 0.2) is 0 Å². The van der Waals surface area contributed by atoms with Crippen LogP contribution in [0.2, 0.25) is 0 Å². The molecule has 1 fully saturated rings. The Hall–Kier alpha value is -0.570. The highest BCUT2D eigenvalue weighted by Gasteiger charge is 2.33. The van der Waals surface area contributed by atoms with Gasteiger partial charge in [0.25, 0.3) is 0 Å². The van der Waals surface area contributed by atoms with Crippen molar-refractivity contribution in [3.8, 4) is 0 Å². The lowest BCUT2D eigenvalue weighted by molar-refractivity contribution is -0.125. The van der Waals surface area contributed by atoms with Gasteiger partial charge in [-0.2, -0.15) is 0 Å². The Morgan fingerprint density at radius 1 is 1.38 bits per heavy atom. The number of hydrogen-bond acceptors (Lipinski definition) is 2. The van der Waals surface area contributed by atoms with E-state index in [9.17, 15) is 4.79 Å². The zero-order valence-electron chi connectivity index (χ0n) is 11.2. The lowest BCUT2D eigenvalue weighted by Crippen LogP contribution is -2.37. The summed E-state index contributed by atoms with van der Waals surface area (Å²) in [6.07, 6.45) is 3.43. The van der Waals surface area contributed by atoms with Gasteiger partial charge in [0.1, 0.15) is 0 Å². The van der Waals surface area contributed by atoms with Crippen LogP contribution < -0.4 is 11.5 Å². The number of rotatable bonds is 2.